The van der Waals surface area contributed by atoms with E-state index < -0.39 is 12.8 Å². The maximum atomic E-state index is 10.8. The van der Waals surface area contributed by atoms with Gasteiger partial charge in [-0.1, -0.05) is 0 Å². The van der Waals surface area contributed by atoms with Gasteiger partial charge in [-0.15, -0.1) is 0 Å². The summed E-state index contributed by atoms with van der Waals surface area (Å²) >= 11 is 0. The molecule has 0 atom stereocenters. The maximum Gasteiger partial charge on any atom is 0.414 e. The van der Waals surface area contributed by atoms with E-state index in [0.717, 1.165) is 0 Å². The van der Waals surface area contributed by atoms with E-state index in [-0.39, 0.29) is 0 Å². The Bertz CT molecular complexity index is 49.4. The molecular formula is C2H3F3O2. The van der Waals surface area contributed by atoms with E-state index in [1.54, 1.807) is 0 Å². The van der Waals surface area contributed by atoms with Gasteiger partial charge < -0.3 is 0 Å². The molecule has 0 aliphatic heterocycles. The third-order valence-electron chi connectivity index (χ3n) is 0.228. The molecule has 0 fully saturated rings. The van der Waals surface area contributed by atoms with Crippen molar-refractivity contribution in [2.24, 2.45) is 0 Å². The molecule has 0 bridgehead atoms. The van der Waals surface area contributed by atoms with Gasteiger partial charge >= 0.3 is 6.18 Å². The Hall–Kier alpha value is -0.290. The number of hydrogen-bond acceptors (Lipinski definition) is 2. The second kappa shape index (κ2) is 2.13. The van der Waals surface area contributed by atoms with Gasteiger partial charge in [-0.25, -0.2) is 4.89 Å². The lowest BCUT2D eigenvalue weighted by Crippen LogP contribution is -2.15. The quantitative estimate of drug-likeness (QED) is 0.409. The molecule has 1 N–H and O–H groups in total. The van der Waals surface area contributed by atoms with Crippen molar-refractivity contribution in [3.8, 4) is 0 Å². The van der Waals surface area contributed by atoms with Gasteiger partial charge in [0.25, 0.3) is 0 Å². The van der Waals surface area contributed by atoms with Gasteiger partial charge in [0.15, 0.2) is 6.61 Å². The van der Waals surface area contributed by atoms with Crippen molar-refractivity contribution < 1.29 is 23.3 Å². The van der Waals surface area contributed by atoms with E-state index >= 15 is 0 Å². The molecule has 0 amide bonds. The van der Waals surface area contributed by atoms with Crippen molar-refractivity contribution in [2.45, 2.75) is 6.18 Å². The Kier molecular flexibility index (Phi) is 2.04. The molecule has 0 rings (SSSR count). The summed E-state index contributed by atoms with van der Waals surface area (Å²) in [4.78, 5) is 2.78. The summed E-state index contributed by atoms with van der Waals surface area (Å²) in [5.74, 6) is 0. The normalized spacial score (nSPS) is 12.0. The summed E-state index contributed by atoms with van der Waals surface area (Å²) in [6, 6.07) is 0. The largest absolute Gasteiger partial charge is 0.414 e. The summed E-state index contributed by atoms with van der Waals surface area (Å²) in [7, 11) is 0. The Balaban J connectivity index is 3.15. The highest BCUT2D eigenvalue weighted by Gasteiger charge is 2.27. The minimum absolute atomic E-state index is 1.60. The van der Waals surface area contributed by atoms with Crippen LogP contribution in [0.15, 0.2) is 0 Å². The Labute approximate surface area is 37.4 Å². The molecule has 7 heavy (non-hydrogen) atoms. The molecule has 0 radical (unpaired) electrons. The maximum absolute atomic E-state index is 10.8. The van der Waals surface area contributed by atoms with E-state index in [9.17, 15) is 13.2 Å². The predicted molar refractivity (Wildman–Crippen MR) is 14.6 cm³/mol. The van der Waals surface area contributed by atoms with E-state index in [4.69, 9.17) is 5.26 Å². The molecule has 0 aromatic carbocycles. The summed E-state index contributed by atoms with van der Waals surface area (Å²) in [5.41, 5.74) is 0. The lowest BCUT2D eigenvalue weighted by Gasteiger charge is -1.99. The van der Waals surface area contributed by atoms with Crippen LogP contribution in [0.3, 0.4) is 0 Å². The lowest BCUT2D eigenvalue weighted by molar-refractivity contribution is -0.306. The van der Waals surface area contributed by atoms with Crippen molar-refractivity contribution in [3.05, 3.63) is 0 Å². The van der Waals surface area contributed by atoms with Crippen molar-refractivity contribution in [2.75, 3.05) is 6.61 Å². The first-order valence-corrected chi connectivity index (χ1v) is 1.39. The molecule has 0 unspecified atom stereocenters. The summed E-state index contributed by atoms with van der Waals surface area (Å²) in [6.07, 6.45) is -4.42. The van der Waals surface area contributed by atoms with Gasteiger partial charge in [0.2, 0.25) is 0 Å². The Morgan fingerprint density at radius 3 is 1.86 bits per heavy atom. The predicted octanol–water partition coefficient (Wildman–Crippen LogP) is 1.04. The van der Waals surface area contributed by atoms with Gasteiger partial charge in [0.05, 0.1) is 0 Å². The fraction of sp³-hybridized carbons (Fsp3) is 1.00. The Morgan fingerprint density at radius 1 is 1.43 bits per heavy atom. The van der Waals surface area contributed by atoms with E-state index in [0.29, 0.717) is 0 Å². The first-order chi connectivity index (χ1) is 3.06. The van der Waals surface area contributed by atoms with E-state index in [1.807, 2.05) is 0 Å². The highest BCUT2D eigenvalue weighted by atomic mass is 19.4. The molecule has 0 spiro atoms. The molecule has 2 nitrogen and oxygen atoms in total. The van der Waals surface area contributed by atoms with Crippen LogP contribution in [0.2, 0.25) is 0 Å². The van der Waals surface area contributed by atoms with Gasteiger partial charge in [0.1, 0.15) is 0 Å². The first-order valence-electron chi connectivity index (χ1n) is 1.39. The van der Waals surface area contributed by atoms with E-state index in [1.165, 1.54) is 0 Å². The number of alkyl halides is 3. The van der Waals surface area contributed by atoms with Crippen molar-refractivity contribution in [3.63, 3.8) is 0 Å². The van der Waals surface area contributed by atoms with Gasteiger partial charge in [-0.3, -0.25) is 5.26 Å². The molecule has 0 aromatic rings. The molecule has 0 aliphatic rings. The second-order valence-electron chi connectivity index (χ2n) is 0.889. The van der Waals surface area contributed by atoms with Gasteiger partial charge in [-0.2, -0.15) is 13.2 Å². The summed E-state index contributed by atoms with van der Waals surface area (Å²) in [5, 5.41) is 7.18. The second-order valence-corrected chi connectivity index (χ2v) is 0.889. The molecule has 0 aliphatic carbocycles. The smallest absolute Gasteiger partial charge is 0.251 e. The molecule has 0 aromatic heterocycles. The van der Waals surface area contributed by atoms with Crippen LogP contribution in [0, 0.1) is 0 Å². The first kappa shape index (κ1) is 6.71. The summed E-state index contributed by atoms with van der Waals surface area (Å²) < 4.78 is 32.3. The lowest BCUT2D eigenvalue weighted by atomic mass is 10.7. The highest BCUT2D eigenvalue weighted by molar-refractivity contribution is 4.40. The molecule has 44 valence electrons. The SMILES string of the molecule is OOCC(F)(F)F. The minimum atomic E-state index is -4.42. The average molecular weight is 116 g/mol. The standard InChI is InChI=1S/C2H3F3O2/c3-2(4,5)1-7-6/h6H,1H2. The van der Waals surface area contributed by atoms with Crippen molar-refractivity contribution in [1.29, 1.82) is 0 Å². The van der Waals surface area contributed by atoms with Crippen LogP contribution < -0.4 is 0 Å². The fourth-order valence-electron chi connectivity index (χ4n) is 0.0732. The molecule has 0 heterocycles. The third-order valence-corrected chi connectivity index (χ3v) is 0.228. The van der Waals surface area contributed by atoms with Crippen LogP contribution in [-0.2, 0) is 4.89 Å². The third kappa shape index (κ3) is 5.71. The summed E-state index contributed by atoms with van der Waals surface area (Å²) in [6.45, 7) is -1.60. The molecule has 5 heteroatoms. The fourth-order valence-corrected chi connectivity index (χ4v) is 0.0732. The van der Waals surface area contributed by atoms with Crippen LogP contribution in [0.4, 0.5) is 13.2 Å². The van der Waals surface area contributed by atoms with Crippen LogP contribution in [0.25, 0.3) is 0 Å². The van der Waals surface area contributed by atoms with Crippen LogP contribution in [-0.4, -0.2) is 18.0 Å². The van der Waals surface area contributed by atoms with Crippen LogP contribution in [0.1, 0.15) is 0 Å². The minimum Gasteiger partial charge on any atom is -0.251 e. The number of hydrogen-bond donors (Lipinski definition) is 1. The zero-order valence-corrected chi connectivity index (χ0v) is 3.20. The molecular weight excluding hydrogens is 113 g/mol. The topological polar surface area (TPSA) is 29.5 Å². The number of halogens is 3. The zero-order valence-electron chi connectivity index (χ0n) is 3.20. The van der Waals surface area contributed by atoms with Crippen molar-refractivity contribution in [1.82, 2.24) is 0 Å². The monoisotopic (exact) mass is 116 g/mol. The molecule has 0 saturated heterocycles. The zero-order chi connectivity index (χ0) is 5.91. The average Bonchev–Trinajstić information content (AvgIpc) is 1.30. The van der Waals surface area contributed by atoms with Crippen LogP contribution >= 0.6 is 0 Å². The van der Waals surface area contributed by atoms with Crippen molar-refractivity contribution >= 4 is 0 Å². The molecule has 0 saturated carbocycles. The highest BCUT2D eigenvalue weighted by Crippen LogP contribution is 2.13. The Morgan fingerprint density at radius 2 is 1.86 bits per heavy atom. The van der Waals surface area contributed by atoms with Crippen LogP contribution in [0.5, 0.6) is 0 Å². The number of rotatable bonds is 1. The van der Waals surface area contributed by atoms with Gasteiger partial charge in [0, 0.05) is 0 Å². The van der Waals surface area contributed by atoms with E-state index in [2.05, 4.69) is 4.89 Å². The van der Waals surface area contributed by atoms with Gasteiger partial charge in [-0.05, 0) is 0 Å².